The quantitative estimate of drug-likeness (QED) is 0.875. The summed E-state index contributed by atoms with van der Waals surface area (Å²) in [5.74, 6) is 0.513. The van der Waals surface area contributed by atoms with Crippen LogP contribution in [0.15, 0.2) is 23.1 Å². The molecule has 0 saturated heterocycles. The Morgan fingerprint density at radius 2 is 2.11 bits per heavy atom. The van der Waals surface area contributed by atoms with Crippen LogP contribution in [0.2, 0.25) is 5.02 Å². The summed E-state index contributed by atoms with van der Waals surface area (Å²) in [6, 6.07) is 5.13. The van der Waals surface area contributed by atoms with Crippen LogP contribution in [0.3, 0.4) is 0 Å². The van der Waals surface area contributed by atoms with Gasteiger partial charge >= 0.3 is 0 Å². The summed E-state index contributed by atoms with van der Waals surface area (Å²) in [5, 5.41) is 3.28. The average Bonchev–Trinajstić information content (AvgIpc) is 3.15. The third-order valence-electron chi connectivity index (χ3n) is 3.28. The molecule has 19 heavy (non-hydrogen) atoms. The molecule has 0 unspecified atom stereocenters. The van der Waals surface area contributed by atoms with Crippen molar-refractivity contribution in [1.82, 2.24) is 9.62 Å². The zero-order chi connectivity index (χ0) is 14.0. The first-order valence-electron chi connectivity index (χ1n) is 6.34. The Bertz CT molecular complexity index is 556. The van der Waals surface area contributed by atoms with E-state index >= 15 is 0 Å². The fourth-order valence-corrected chi connectivity index (χ4v) is 3.76. The van der Waals surface area contributed by atoms with E-state index in [0.29, 0.717) is 19.0 Å². The highest BCUT2D eigenvalue weighted by molar-refractivity contribution is 7.89. The van der Waals surface area contributed by atoms with Gasteiger partial charge in [-0.3, -0.25) is 0 Å². The highest BCUT2D eigenvalue weighted by Crippen LogP contribution is 2.32. The van der Waals surface area contributed by atoms with Gasteiger partial charge in [0, 0.05) is 20.1 Å². The minimum absolute atomic E-state index is 0.199. The molecular weight excluding hydrogens is 284 g/mol. The van der Waals surface area contributed by atoms with E-state index in [9.17, 15) is 8.42 Å². The first-order chi connectivity index (χ1) is 8.95. The molecule has 0 heterocycles. The van der Waals surface area contributed by atoms with Gasteiger partial charge in [-0.25, -0.2) is 12.7 Å². The summed E-state index contributed by atoms with van der Waals surface area (Å²) in [6.45, 7) is 1.20. The lowest BCUT2D eigenvalue weighted by atomic mass is 10.2. The van der Waals surface area contributed by atoms with Crippen molar-refractivity contribution in [3.05, 3.63) is 28.8 Å². The topological polar surface area (TPSA) is 49.4 Å². The molecule has 0 atom stereocenters. The van der Waals surface area contributed by atoms with Crippen LogP contribution in [0, 0.1) is 5.92 Å². The first-order valence-corrected chi connectivity index (χ1v) is 8.16. The highest BCUT2D eigenvalue weighted by atomic mass is 35.5. The van der Waals surface area contributed by atoms with Crippen molar-refractivity contribution in [2.45, 2.75) is 24.3 Å². The van der Waals surface area contributed by atoms with Gasteiger partial charge in [-0.15, -0.1) is 0 Å². The Morgan fingerprint density at radius 3 is 2.68 bits per heavy atom. The molecule has 1 fully saturated rings. The first kappa shape index (κ1) is 14.8. The average molecular weight is 303 g/mol. The number of benzene rings is 1. The second kappa shape index (κ2) is 5.79. The molecule has 106 valence electrons. The monoisotopic (exact) mass is 302 g/mol. The molecule has 0 aromatic heterocycles. The molecule has 1 saturated carbocycles. The van der Waals surface area contributed by atoms with Gasteiger partial charge in [0.1, 0.15) is 4.90 Å². The summed E-state index contributed by atoms with van der Waals surface area (Å²) >= 11 is 6.05. The minimum Gasteiger partial charge on any atom is -0.316 e. The van der Waals surface area contributed by atoms with Crippen LogP contribution >= 0.6 is 11.6 Å². The van der Waals surface area contributed by atoms with Gasteiger partial charge in [0.15, 0.2) is 0 Å². The molecule has 0 radical (unpaired) electrons. The van der Waals surface area contributed by atoms with E-state index in [4.69, 9.17) is 11.6 Å². The van der Waals surface area contributed by atoms with Crippen molar-refractivity contribution in [2.24, 2.45) is 5.92 Å². The smallest absolute Gasteiger partial charge is 0.244 e. The zero-order valence-electron chi connectivity index (χ0n) is 11.2. The van der Waals surface area contributed by atoms with Crippen molar-refractivity contribution < 1.29 is 8.42 Å². The SMILES string of the molecule is CNCc1ccc(Cl)c(S(=O)(=O)N(C)CC2CC2)c1. The largest absolute Gasteiger partial charge is 0.316 e. The number of rotatable bonds is 6. The fraction of sp³-hybridized carbons (Fsp3) is 0.538. The summed E-state index contributed by atoms with van der Waals surface area (Å²) in [7, 11) is -0.0507. The Morgan fingerprint density at radius 1 is 1.42 bits per heavy atom. The maximum absolute atomic E-state index is 12.5. The molecular formula is C13H19ClN2O2S. The maximum atomic E-state index is 12.5. The molecule has 0 spiro atoms. The number of nitrogens with one attached hydrogen (secondary N) is 1. The summed E-state index contributed by atoms with van der Waals surface area (Å²) in [6.07, 6.45) is 2.24. The van der Waals surface area contributed by atoms with Gasteiger partial charge in [0.05, 0.1) is 5.02 Å². The second-order valence-electron chi connectivity index (χ2n) is 5.02. The Kier molecular flexibility index (Phi) is 4.50. The van der Waals surface area contributed by atoms with Crippen LogP contribution in [-0.2, 0) is 16.6 Å². The molecule has 2 rings (SSSR count). The normalized spacial score (nSPS) is 16.0. The molecule has 1 aromatic carbocycles. The van der Waals surface area contributed by atoms with E-state index in [0.717, 1.165) is 18.4 Å². The maximum Gasteiger partial charge on any atom is 0.244 e. The Labute approximate surface area is 119 Å². The minimum atomic E-state index is -3.49. The van der Waals surface area contributed by atoms with E-state index in [1.165, 1.54) is 4.31 Å². The van der Waals surface area contributed by atoms with Gasteiger partial charge < -0.3 is 5.32 Å². The Balaban J connectivity index is 2.29. The summed E-state index contributed by atoms with van der Waals surface area (Å²) < 4.78 is 26.4. The van der Waals surface area contributed by atoms with Gasteiger partial charge in [0.25, 0.3) is 0 Å². The van der Waals surface area contributed by atoms with Gasteiger partial charge in [0.2, 0.25) is 10.0 Å². The summed E-state index contributed by atoms with van der Waals surface area (Å²) in [4.78, 5) is 0.199. The number of hydrogen-bond acceptors (Lipinski definition) is 3. The van der Waals surface area contributed by atoms with Crippen LogP contribution in [0.25, 0.3) is 0 Å². The fourth-order valence-electron chi connectivity index (χ4n) is 1.99. The van der Waals surface area contributed by atoms with Crippen molar-refractivity contribution >= 4 is 21.6 Å². The standard InChI is InChI=1S/C13H19ClN2O2S/c1-15-8-11-5-6-12(14)13(7-11)19(17,18)16(2)9-10-3-4-10/h5-7,10,15H,3-4,8-9H2,1-2H3. The molecule has 4 nitrogen and oxygen atoms in total. The third kappa shape index (κ3) is 3.48. The van der Waals surface area contributed by atoms with Crippen LogP contribution in [0.1, 0.15) is 18.4 Å². The predicted molar refractivity (Wildman–Crippen MR) is 76.8 cm³/mol. The van der Waals surface area contributed by atoms with Crippen LogP contribution in [0.5, 0.6) is 0 Å². The van der Waals surface area contributed by atoms with Crippen LogP contribution < -0.4 is 5.32 Å². The molecule has 1 aliphatic rings. The Hall–Kier alpha value is -0.620. The van der Waals surface area contributed by atoms with Crippen molar-refractivity contribution in [3.63, 3.8) is 0 Å². The zero-order valence-corrected chi connectivity index (χ0v) is 12.8. The number of sulfonamides is 1. The highest BCUT2D eigenvalue weighted by Gasteiger charge is 2.30. The van der Waals surface area contributed by atoms with E-state index in [1.807, 2.05) is 13.1 Å². The predicted octanol–water partition coefficient (Wildman–Crippen LogP) is 2.09. The van der Waals surface area contributed by atoms with Crippen molar-refractivity contribution in [2.75, 3.05) is 20.6 Å². The van der Waals surface area contributed by atoms with E-state index < -0.39 is 10.0 Å². The lowest BCUT2D eigenvalue weighted by Gasteiger charge is -2.18. The molecule has 1 N–H and O–H groups in total. The molecule has 1 aromatic rings. The third-order valence-corrected chi connectivity index (χ3v) is 5.58. The van der Waals surface area contributed by atoms with E-state index in [2.05, 4.69) is 5.32 Å². The number of halogens is 1. The number of nitrogens with zero attached hydrogens (tertiary/aromatic N) is 1. The second-order valence-corrected chi connectivity index (χ2v) is 7.44. The van der Waals surface area contributed by atoms with Crippen LogP contribution in [-0.4, -0.2) is 33.4 Å². The van der Waals surface area contributed by atoms with Crippen LogP contribution in [0.4, 0.5) is 0 Å². The molecule has 0 bridgehead atoms. The summed E-state index contributed by atoms with van der Waals surface area (Å²) in [5.41, 5.74) is 0.908. The van der Waals surface area contributed by atoms with E-state index in [1.54, 1.807) is 19.2 Å². The van der Waals surface area contributed by atoms with E-state index in [-0.39, 0.29) is 9.92 Å². The van der Waals surface area contributed by atoms with Gasteiger partial charge in [-0.05, 0) is 43.5 Å². The molecule has 0 aliphatic heterocycles. The van der Waals surface area contributed by atoms with Crippen molar-refractivity contribution in [1.29, 1.82) is 0 Å². The lowest BCUT2D eigenvalue weighted by molar-refractivity contribution is 0.453. The van der Waals surface area contributed by atoms with Gasteiger partial charge in [-0.1, -0.05) is 17.7 Å². The lowest BCUT2D eigenvalue weighted by Crippen LogP contribution is -2.29. The number of hydrogen-bond donors (Lipinski definition) is 1. The molecule has 1 aliphatic carbocycles. The van der Waals surface area contributed by atoms with Crippen molar-refractivity contribution in [3.8, 4) is 0 Å². The molecule has 0 amide bonds. The molecule has 6 heteroatoms. The van der Waals surface area contributed by atoms with Gasteiger partial charge in [-0.2, -0.15) is 0 Å².